The van der Waals surface area contributed by atoms with Gasteiger partial charge in [0.05, 0.1) is 10.4 Å². The van der Waals surface area contributed by atoms with E-state index in [1.165, 1.54) is 16.1 Å². The molecule has 6 rings (SSSR count). The summed E-state index contributed by atoms with van der Waals surface area (Å²) in [5.41, 5.74) is 3.93. The highest BCUT2D eigenvalue weighted by Crippen LogP contribution is 2.33. The van der Waals surface area contributed by atoms with Crippen LogP contribution in [-0.2, 0) is 10.0 Å². The van der Waals surface area contributed by atoms with Crippen LogP contribution in [0.25, 0.3) is 22.0 Å². The SMILES string of the molecule is O=C(c1ccc(S(=O)(=O)n2cc(-c3ccccc3)c3ccccc32)cc1)N1CCCC1CNc1ccccc1. The number of nitrogens with zero attached hydrogens (tertiary/aromatic N) is 2. The standard InChI is InChI=1S/C32H29N3O3S/c36-32(34-21-9-14-27(34)22-33-26-12-5-2-6-13-26)25-17-19-28(20-18-25)39(37,38)35-23-30(24-10-3-1-4-11-24)29-15-7-8-16-31(29)35/h1-8,10-13,15-20,23,27,33H,9,14,21-22H2. The predicted molar refractivity (Wildman–Crippen MR) is 155 cm³/mol. The number of carbonyl (C=O) groups excluding carboxylic acids is 1. The molecule has 1 saturated heterocycles. The van der Waals surface area contributed by atoms with Crippen LogP contribution < -0.4 is 5.32 Å². The minimum absolute atomic E-state index is 0.0749. The van der Waals surface area contributed by atoms with Crippen molar-refractivity contribution in [2.75, 3.05) is 18.4 Å². The number of amides is 1. The number of anilines is 1. The molecule has 0 radical (unpaired) electrons. The van der Waals surface area contributed by atoms with Gasteiger partial charge in [0.25, 0.3) is 15.9 Å². The third-order valence-electron chi connectivity index (χ3n) is 7.37. The number of hydrogen-bond acceptors (Lipinski definition) is 4. The molecule has 0 spiro atoms. The first-order valence-electron chi connectivity index (χ1n) is 13.1. The highest BCUT2D eigenvalue weighted by molar-refractivity contribution is 7.90. The third kappa shape index (κ3) is 4.81. The second kappa shape index (κ2) is 10.4. The van der Waals surface area contributed by atoms with Crippen molar-refractivity contribution in [3.8, 4) is 11.1 Å². The van der Waals surface area contributed by atoms with E-state index in [0.29, 0.717) is 24.2 Å². The number of fused-ring (bicyclic) bond motifs is 1. The summed E-state index contributed by atoms with van der Waals surface area (Å²) >= 11 is 0. The Bertz CT molecular complexity index is 1710. The molecule has 1 amide bonds. The number of hydrogen-bond donors (Lipinski definition) is 1. The van der Waals surface area contributed by atoms with Crippen molar-refractivity contribution < 1.29 is 13.2 Å². The van der Waals surface area contributed by atoms with Crippen molar-refractivity contribution in [2.45, 2.75) is 23.8 Å². The molecule has 4 aromatic carbocycles. The Kier molecular flexibility index (Phi) is 6.67. The number of aromatic nitrogens is 1. The maximum absolute atomic E-state index is 13.8. The molecule has 0 saturated carbocycles. The van der Waals surface area contributed by atoms with E-state index in [1.54, 1.807) is 18.3 Å². The van der Waals surface area contributed by atoms with Crippen LogP contribution in [0.2, 0.25) is 0 Å². The molecule has 2 heterocycles. The quantitative estimate of drug-likeness (QED) is 0.267. The van der Waals surface area contributed by atoms with Crippen molar-refractivity contribution in [1.82, 2.24) is 8.87 Å². The highest BCUT2D eigenvalue weighted by Gasteiger charge is 2.30. The number of rotatable bonds is 7. The largest absolute Gasteiger partial charge is 0.383 e. The Morgan fingerprint density at radius 3 is 2.23 bits per heavy atom. The molecule has 39 heavy (non-hydrogen) atoms. The molecule has 0 bridgehead atoms. The molecule has 1 unspecified atom stereocenters. The Morgan fingerprint density at radius 2 is 1.49 bits per heavy atom. The lowest BCUT2D eigenvalue weighted by Crippen LogP contribution is -2.39. The lowest BCUT2D eigenvalue weighted by atomic mass is 10.1. The molecule has 6 nitrogen and oxygen atoms in total. The predicted octanol–water partition coefficient (Wildman–Crippen LogP) is 6.26. The zero-order valence-corrected chi connectivity index (χ0v) is 22.2. The second-order valence-electron chi connectivity index (χ2n) is 9.79. The zero-order chi connectivity index (χ0) is 26.8. The van der Waals surface area contributed by atoms with Crippen LogP contribution >= 0.6 is 0 Å². The molecule has 1 fully saturated rings. The Balaban J connectivity index is 1.25. The maximum atomic E-state index is 13.8. The van der Waals surface area contributed by atoms with Gasteiger partial charge in [-0.3, -0.25) is 4.79 Å². The van der Waals surface area contributed by atoms with Gasteiger partial charge in [0.2, 0.25) is 0 Å². The van der Waals surface area contributed by atoms with E-state index in [0.717, 1.165) is 35.0 Å². The number of nitrogens with one attached hydrogen (secondary N) is 1. The lowest BCUT2D eigenvalue weighted by Gasteiger charge is -2.25. The summed E-state index contributed by atoms with van der Waals surface area (Å²) < 4.78 is 28.9. The fourth-order valence-electron chi connectivity index (χ4n) is 5.35. The van der Waals surface area contributed by atoms with E-state index in [2.05, 4.69) is 5.32 Å². The summed E-state index contributed by atoms with van der Waals surface area (Å²) in [5, 5.41) is 4.29. The van der Waals surface area contributed by atoms with Crippen LogP contribution in [0.4, 0.5) is 5.69 Å². The number of carbonyl (C=O) groups is 1. The van der Waals surface area contributed by atoms with E-state index in [1.807, 2.05) is 89.8 Å². The molecule has 1 aromatic heterocycles. The van der Waals surface area contributed by atoms with E-state index < -0.39 is 10.0 Å². The first-order chi connectivity index (χ1) is 19.0. The zero-order valence-electron chi connectivity index (χ0n) is 21.4. The van der Waals surface area contributed by atoms with Gasteiger partial charge in [-0.15, -0.1) is 0 Å². The van der Waals surface area contributed by atoms with E-state index in [4.69, 9.17) is 0 Å². The van der Waals surface area contributed by atoms with Crippen molar-refractivity contribution in [1.29, 1.82) is 0 Å². The van der Waals surface area contributed by atoms with E-state index in [9.17, 15) is 13.2 Å². The van der Waals surface area contributed by atoms with Gasteiger partial charge in [0.15, 0.2) is 0 Å². The molecule has 1 aliphatic rings. The smallest absolute Gasteiger partial charge is 0.268 e. The summed E-state index contributed by atoms with van der Waals surface area (Å²) in [6.07, 6.45) is 3.56. The minimum Gasteiger partial charge on any atom is -0.383 e. The molecular weight excluding hydrogens is 506 g/mol. The Morgan fingerprint density at radius 1 is 0.821 bits per heavy atom. The molecule has 1 atom stereocenters. The Hall–Kier alpha value is -4.36. The first-order valence-corrected chi connectivity index (χ1v) is 14.6. The topological polar surface area (TPSA) is 71.4 Å². The van der Waals surface area contributed by atoms with Gasteiger partial charge in [-0.2, -0.15) is 0 Å². The van der Waals surface area contributed by atoms with Gasteiger partial charge in [-0.25, -0.2) is 12.4 Å². The van der Waals surface area contributed by atoms with Crippen LogP contribution in [0.15, 0.2) is 120 Å². The average Bonchev–Trinajstić information content (AvgIpc) is 3.62. The maximum Gasteiger partial charge on any atom is 0.268 e. The average molecular weight is 536 g/mol. The molecule has 5 aromatic rings. The Labute approximate surface area is 228 Å². The summed E-state index contributed by atoms with van der Waals surface area (Å²) in [4.78, 5) is 15.4. The minimum atomic E-state index is -3.88. The van der Waals surface area contributed by atoms with Crippen molar-refractivity contribution in [2.24, 2.45) is 0 Å². The number of para-hydroxylation sites is 2. The van der Waals surface area contributed by atoms with Gasteiger partial charge in [0, 0.05) is 47.5 Å². The lowest BCUT2D eigenvalue weighted by molar-refractivity contribution is 0.0743. The number of benzene rings is 4. The fraction of sp³-hybridized carbons (Fsp3) is 0.156. The normalized spacial score (nSPS) is 15.5. The molecule has 1 N–H and O–H groups in total. The van der Waals surface area contributed by atoms with E-state index in [-0.39, 0.29) is 16.8 Å². The van der Waals surface area contributed by atoms with Crippen LogP contribution in [0.3, 0.4) is 0 Å². The molecular formula is C32H29N3O3S. The van der Waals surface area contributed by atoms with Crippen LogP contribution in [-0.4, -0.2) is 42.3 Å². The van der Waals surface area contributed by atoms with Gasteiger partial charge in [-0.05, 0) is 60.9 Å². The second-order valence-corrected chi connectivity index (χ2v) is 11.6. The van der Waals surface area contributed by atoms with Crippen molar-refractivity contribution in [3.05, 3.63) is 121 Å². The van der Waals surface area contributed by atoms with Crippen LogP contribution in [0, 0.1) is 0 Å². The fourth-order valence-corrected chi connectivity index (χ4v) is 6.72. The van der Waals surface area contributed by atoms with Gasteiger partial charge >= 0.3 is 0 Å². The first kappa shape index (κ1) is 24.9. The van der Waals surface area contributed by atoms with Crippen molar-refractivity contribution in [3.63, 3.8) is 0 Å². The summed E-state index contributed by atoms with van der Waals surface area (Å²) in [6.45, 7) is 1.37. The van der Waals surface area contributed by atoms with Gasteiger partial charge < -0.3 is 10.2 Å². The molecule has 196 valence electrons. The van der Waals surface area contributed by atoms with Gasteiger partial charge in [-0.1, -0.05) is 66.7 Å². The summed E-state index contributed by atoms with van der Waals surface area (Å²) in [5.74, 6) is -0.0749. The molecule has 1 aliphatic heterocycles. The summed E-state index contributed by atoms with van der Waals surface area (Å²) in [6, 6.07) is 33.6. The van der Waals surface area contributed by atoms with Gasteiger partial charge in [0.1, 0.15) is 0 Å². The highest BCUT2D eigenvalue weighted by atomic mass is 32.2. The monoisotopic (exact) mass is 535 g/mol. The number of likely N-dealkylation sites (tertiary alicyclic amines) is 1. The van der Waals surface area contributed by atoms with Crippen molar-refractivity contribution >= 4 is 32.5 Å². The van der Waals surface area contributed by atoms with Crippen LogP contribution in [0.1, 0.15) is 23.2 Å². The summed E-state index contributed by atoms with van der Waals surface area (Å²) in [7, 11) is -3.88. The molecule has 0 aliphatic carbocycles. The third-order valence-corrected chi connectivity index (χ3v) is 9.06. The van der Waals surface area contributed by atoms with Crippen LogP contribution in [0.5, 0.6) is 0 Å². The van der Waals surface area contributed by atoms with E-state index >= 15 is 0 Å². The molecule has 7 heteroatoms.